The van der Waals surface area contributed by atoms with Crippen LogP contribution >= 0.6 is 11.9 Å². The van der Waals surface area contributed by atoms with E-state index in [2.05, 4.69) is 31.1 Å². The molecule has 0 aromatic heterocycles. The predicted octanol–water partition coefficient (Wildman–Crippen LogP) is 4.92. The molecule has 0 N–H and O–H groups in total. The first kappa shape index (κ1) is 23.9. The van der Waals surface area contributed by atoms with Gasteiger partial charge in [-0.1, -0.05) is 13.8 Å². The molecular formula is C23H35N3O2S. The van der Waals surface area contributed by atoms with Crippen LogP contribution in [0.15, 0.2) is 29.2 Å². The van der Waals surface area contributed by atoms with Crippen LogP contribution in [0.4, 0.5) is 0 Å². The van der Waals surface area contributed by atoms with E-state index < -0.39 is 0 Å². The topological polar surface area (TPSA) is 56.6 Å². The van der Waals surface area contributed by atoms with Crippen molar-refractivity contribution in [2.75, 3.05) is 26.2 Å². The molecular weight excluding hydrogens is 382 g/mol. The number of hydroxylamine groups is 2. The highest BCUT2D eigenvalue weighted by Gasteiger charge is 2.20. The Hall–Kier alpha value is -1.39. The SMILES string of the molecule is CC(C)CC(C)ON(CC=O)CCCC1CCN(Sc2ccc(C#N)cc2)CC1. The Morgan fingerprint density at radius 1 is 1.28 bits per heavy atom. The van der Waals surface area contributed by atoms with E-state index in [-0.39, 0.29) is 6.10 Å². The van der Waals surface area contributed by atoms with E-state index in [1.54, 1.807) is 11.9 Å². The van der Waals surface area contributed by atoms with E-state index in [9.17, 15) is 4.79 Å². The fourth-order valence-electron chi connectivity index (χ4n) is 3.82. The van der Waals surface area contributed by atoms with Crippen molar-refractivity contribution in [1.29, 1.82) is 5.26 Å². The highest BCUT2D eigenvalue weighted by atomic mass is 32.2. The zero-order valence-corrected chi connectivity index (χ0v) is 18.9. The molecule has 1 heterocycles. The molecule has 1 aliphatic heterocycles. The zero-order valence-electron chi connectivity index (χ0n) is 18.0. The summed E-state index contributed by atoms with van der Waals surface area (Å²) in [6.45, 7) is 9.82. The van der Waals surface area contributed by atoms with Crippen molar-refractivity contribution in [2.45, 2.75) is 63.9 Å². The molecule has 1 aromatic carbocycles. The van der Waals surface area contributed by atoms with Crippen LogP contribution in [0.5, 0.6) is 0 Å². The Morgan fingerprint density at radius 2 is 1.97 bits per heavy atom. The summed E-state index contributed by atoms with van der Waals surface area (Å²) in [6.07, 6.45) is 6.76. The summed E-state index contributed by atoms with van der Waals surface area (Å²) in [6, 6.07) is 9.97. The Bertz CT molecular complexity index is 637. The van der Waals surface area contributed by atoms with Gasteiger partial charge in [-0.2, -0.15) is 10.3 Å². The van der Waals surface area contributed by atoms with Crippen molar-refractivity contribution < 1.29 is 9.63 Å². The van der Waals surface area contributed by atoms with Crippen LogP contribution in [0.1, 0.15) is 58.4 Å². The molecule has 0 amide bonds. The lowest BCUT2D eigenvalue weighted by Crippen LogP contribution is -2.33. The van der Waals surface area contributed by atoms with E-state index in [0.717, 1.165) is 44.7 Å². The molecule has 6 heteroatoms. The van der Waals surface area contributed by atoms with Gasteiger partial charge in [0.15, 0.2) is 0 Å². The summed E-state index contributed by atoms with van der Waals surface area (Å²) in [7, 11) is 0. The fourth-order valence-corrected chi connectivity index (χ4v) is 4.77. The van der Waals surface area contributed by atoms with Gasteiger partial charge in [0.2, 0.25) is 0 Å². The lowest BCUT2D eigenvalue weighted by molar-refractivity contribution is -0.194. The molecule has 0 aliphatic carbocycles. The van der Waals surface area contributed by atoms with Crippen molar-refractivity contribution in [1.82, 2.24) is 9.37 Å². The number of aldehydes is 1. The van der Waals surface area contributed by atoms with Crippen molar-refractivity contribution in [3.05, 3.63) is 29.8 Å². The number of carbonyl (C=O) groups excluding carboxylic acids is 1. The van der Waals surface area contributed by atoms with E-state index in [0.29, 0.717) is 18.0 Å². The lowest BCUT2D eigenvalue weighted by Gasteiger charge is -2.31. The van der Waals surface area contributed by atoms with Crippen LogP contribution in [-0.2, 0) is 9.63 Å². The van der Waals surface area contributed by atoms with Crippen LogP contribution in [0.25, 0.3) is 0 Å². The normalized spacial score (nSPS) is 16.8. The van der Waals surface area contributed by atoms with Crippen molar-refractivity contribution in [2.24, 2.45) is 11.8 Å². The van der Waals surface area contributed by atoms with Gasteiger partial charge in [-0.25, -0.2) is 4.31 Å². The third-order valence-corrected chi connectivity index (χ3v) is 6.33. The van der Waals surface area contributed by atoms with Crippen LogP contribution in [0, 0.1) is 23.2 Å². The van der Waals surface area contributed by atoms with E-state index in [1.807, 2.05) is 29.3 Å². The summed E-state index contributed by atoms with van der Waals surface area (Å²) >= 11 is 1.79. The van der Waals surface area contributed by atoms with Crippen LogP contribution in [-0.4, -0.2) is 47.9 Å². The molecule has 1 aliphatic rings. The van der Waals surface area contributed by atoms with Crippen LogP contribution in [0.3, 0.4) is 0 Å². The average molecular weight is 418 g/mol. The van der Waals surface area contributed by atoms with Gasteiger partial charge < -0.3 is 4.79 Å². The molecule has 2 rings (SSSR count). The smallest absolute Gasteiger partial charge is 0.136 e. The highest BCUT2D eigenvalue weighted by molar-refractivity contribution is 7.97. The molecule has 1 unspecified atom stereocenters. The Labute approximate surface area is 180 Å². The quantitative estimate of drug-likeness (QED) is 0.273. The van der Waals surface area contributed by atoms with Gasteiger partial charge >= 0.3 is 0 Å². The first-order valence-electron chi connectivity index (χ1n) is 10.8. The molecule has 0 radical (unpaired) electrons. The number of piperidine rings is 1. The summed E-state index contributed by atoms with van der Waals surface area (Å²) in [5, 5.41) is 10.7. The van der Waals surface area contributed by atoms with Crippen molar-refractivity contribution in [3.8, 4) is 6.07 Å². The number of nitrogens with zero attached hydrogens (tertiary/aromatic N) is 3. The van der Waals surface area contributed by atoms with Gasteiger partial charge in [-0.15, -0.1) is 0 Å². The molecule has 160 valence electrons. The number of nitriles is 1. The summed E-state index contributed by atoms with van der Waals surface area (Å²) in [4.78, 5) is 18.1. The Morgan fingerprint density at radius 3 is 2.55 bits per heavy atom. The maximum Gasteiger partial charge on any atom is 0.136 e. The second-order valence-electron chi connectivity index (χ2n) is 8.34. The van der Waals surface area contributed by atoms with Crippen LogP contribution in [0.2, 0.25) is 0 Å². The fraction of sp³-hybridized carbons (Fsp3) is 0.652. The van der Waals surface area contributed by atoms with Gasteiger partial charge in [-0.05, 0) is 87.1 Å². The largest absolute Gasteiger partial charge is 0.302 e. The van der Waals surface area contributed by atoms with E-state index in [1.165, 1.54) is 24.2 Å². The number of hydrogen-bond donors (Lipinski definition) is 0. The van der Waals surface area contributed by atoms with Gasteiger partial charge in [0.1, 0.15) is 6.29 Å². The number of benzene rings is 1. The minimum absolute atomic E-state index is 0.150. The van der Waals surface area contributed by atoms with Crippen LogP contribution < -0.4 is 0 Å². The van der Waals surface area contributed by atoms with Crippen molar-refractivity contribution in [3.63, 3.8) is 0 Å². The molecule has 1 atom stereocenters. The summed E-state index contributed by atoms with van der Waals surface area (Å²) in [5.74, 6) is 1.34. The number of carbonyl (C=O) groups is 1. The number of hydrogen-bond acceptors (Lipinski definition) is 6. The number of rotatable bonds is 12. The Kier molecular flexibility index (Phi) is 10.7. The third kappa shape index (κ3) is 9.31. The van der Waals surface area contributed by atoms with Gasteiger partial charge in [0.25, 0.3) is 0 Å². The minimum Gasteiger partial charge on any atom is -0.302 e. The molecule has 0 spiro atoms. The summed E-state index contributed by atoms with van der Waals surface area (Å²) in [5.41, 5.74) is 0.708. The molecule has 1 saturated heterocycles. The minimum atomic E-state index is 0.150. The van der Waals surface area contributed by atoms with E-state index in [4.69, 9.17) is 10.1 Å². The highest BCUT2D eigenvalue weighted by Crippen LogP contribution is 2.30. The standard InChI is InChI=1S/C23H35N3O2S/c1-19(2)17-20(3)28-25(15-16-27)12-4-5-21-10-13-26(14-11-21)29-23-8-6-22(18-24)7-9-23/h6-9,16,19-21H,4-5,10-15,17H2,1-3H3. The maximum absolute atomic E-state index is 11.0. The maximum atomic E-state index is 11.0. The monoisotopic (exact) mass is 417 g/mol. The Balaban J connectivity index is 1.66. The molecule has 5 nitrogen and oxygen atoms in total. The van der Waals surface area contributed by atoms with E-state index >= 15 is 0 Å². The first-order valence-corrected chi connectivity index (χ1v) is 11.6. The second kappa shape index (κ2) is 13.0. The molecule has 1 fully saturated rings. The summed E-state index contributed by atoms with van der Waals surface area (Å²) < 4.78 is 2.42. The second-order valence-corrected chi connectivity index (χ2v) is 9.51. The lowest BCUT2D eigenvalue weighted by atomic mass is 9.93. The van der Waals surface area contributed by atoms with Gasteiger partial charge in [0, 0.05) is 24.5 Å². The third-order valence-electron chi connectivity index (χ3n) is 5.22. The zero-order chi connectivity index (χ0) is 21.1. The molecule has 1 aromatic rings. The van der Waals surface area contributed by atoms with Gasteiger partial charge in [-0.3, -0.25) is 4.84 Å². The van der Waals surface area contributed by atoms with Crippen molar-refractivity contribution >= 4 is 18.2 Å². The molecule has 0 saturated carbocycles. The average Bonchev–Trinajstić information content (AvgIpc) is 2.69. The first-order chi connectivity index (χ1) is 14.0. The molecule has 29 heavy (non-hydrogen) atoms. The van der Waals surface area contributed by atoms with Gasteiger partial charge in [0.05, 0.1) is 24.3 Å². The molecule has 0 bridgehead atoms. The predicted molar refractivity (Wildman–Crippen MR) is 118 cm³/mol.